The molecule has 1 aliphatic heterocycles. The number of nitrogens with one attached hydrogen (secondary N) is 2. The molecule has 8 heteroatoms. The standard InChI is InChI=1S/C23H26N6OS/c1-15-13-20(28-27-15)24-21-17(3)22(29-11-5-4-6-12-29)26-23(25-21)31-19-9-7-18(8-10-19)14-16(2)30/h4-5,7-10,13H,6,11-12,14H2,1-3H3,(H2,24,25,26,27,28). The summed E-state index contributed by atoms with van der Waals surface area (Å²) in [7, 11) is 0. The van der Waals surface area contributed by atoms with E-state index in [0.29, 0.717) is 11.6 Å². The number of carbonyl (C=O) groups is 1. The van der Waals surface area contributed by atoms with Crippen molar-refractivity contribution in [2.75, 3.05) is 23.3 Å². The van der Waals surface area contributed by atoms with Crippen molar-refractivity contribution in [1.82, 2.24) is 20.2 Å². The Morgan fingerprint density at radius 2 is 2.00 bits per heavy atom. The summed E-state index contributed by atoms with van der Waals surface area (Å²) >= 11 is 1.51. The lowest BCUT2D eigenvalue weighted by Gasteiger charge is -2.27. The summed E-state index contributed by atoms with van der Waals surface area (Å²) in [5.74, 6) is 2.58. The van der Waals surface area contributed by atoms with Gasteiger partial charge in [-0.1, -0.05) is 24.3 Å². The predicted molar refractivity (Wildman–Crippen MR) is 124 cm³/mol. The minimum Gasteiger partial charge on any atom is -0.352 e. The summed E-state index contributed by atoms with van der Waals surface area (Å²) in [6, 6.07) is 9.95. The SMILES string of the molecule is CC(=O)Cc1ccc(Sc2nc(Nc3cc(C)[nH]n3)c(C)c(N3CC=CCC3)n2)cc1. The third-order valence-corrected chi connectivity index (χ3v) is 5.87. The van der Waals surface area contributed by atoms with Gasteiger partial charge < -0.3 is 10.2 Å². The summed E-state index contributed by atoms with van der Waals surface area (Å²) < 4.78 is 0. The van der Waals surface area contributed by atoms with E-state index in [1.165, 1.54) is 11.8 Å². The number of rotatable bonds is 7. The summed E-state index contributed by atoms with van der Waals surface area (Å²) in [5, 5.41) is 11.3. The topological polar surface area (TPSA) is 86.8 Å². The normalized spacial score (nSPS) is 13.5. The van der Waals surface area contributed by atoms with Crippen LogP contribution in [0.3, 0.4) is 0 Å². The van der Waals surface area contributed by atoms with Gasteiger partial charge in [0.2, 0.25) is 0 Å². The molecule has 0 saturated carbocycles. The maximum atomic E-state index is 11.3. The third kappa shape index (κ3) is 5.32. The summed E-state index contributed by atoms with van der Waals surface area (Å²) in [6.07, 6.45) is 5.84. The van der Waals surface area contributed by atoms with Crippen LogP contribution in [0.1, 0.15) is 30.2 Å². The van der Waals surface area contributed by atoms with Crippen LogP contribution in [-0.4, -0.2) is 39.0 Å². The van der Waals surface area contributed by atoms with E-state index in [-0.39, 0.29) is 5.78 Å². The Morgan fingerprint density at radius 3 is 2.65 bits per heavy atom. The van der Waals surface area contributed by atoms with Crippen LogP contribution in [0.5, 0.6) is 0 Å². The Kier molecular flexibility index (Phi) is 6.36. The van der Waals surface area contributed by atoms with Gasteiger partial charge in [-0.05, 0) is 56.7 Å². The molecule has 0 saturated heterocycles. The molecular formula is C23H26N6OS. The van der Waals surface area contributed by atoms with Gasteiger partial charge in [0, 0.05) is 41.7 Å². The zero-order valence-electron chi connectivity index (χ0n) is 18.0. The molecule has 0 aliphatic carbocycles. The molecule has 0 spiro atoms. The number of hydrogen-bond acceptors (Lipinski definition) is 7. The Hall–Kier alpha value is -3.13. The van der Waals surface area contributed by atoms with Crippen LogP contribution in [0.4, 0.5) is 17.5 Å². The lowest BCUT2D eigenvalue weighted by molar-refractivity contribution is -0.116. The fourth-order valence-corrected chi connectivity index (χ4v) is 4.22. The van der Waals surface area contributed by atoms with Gasteiger partial charge in [0.05, 0.1) is 0 Å². The molecule has 0 fully saturated rings. The molecule has 4 rings (SSSR count). The lowest BCUT2D eigenvalue weighted by Crippen LogP contribution is -2.29. The number of hydrogen-bond donors (Lipinski definition) is 2. The zero-order valence-corrected chi connectivity index (χ0v) is 18.8. The number of benzene rings is 1. The quantitative estimate of drug-likeness (QED) is 0.415. The molecule has 0 unspecified atom stereocenters. The number of H-pyrrole nitrogens is 1. The average molecular weight is 435 g/mol. The van der Waals surface area contributed by atoms with Crippen LogP contribution in [0.15, 0.2) is 52.5 Å². The van der Waals surface area contributed by atoms with Crippen molar-refractivity contribution in [2.24, 2.45) is 0 Å². The number of Topliss-reactive ketones (excluding diaryl/α,β-unsaturated/α-hetero) is 1. The van der Waals surface area contributed by atoms with E-state index in [1.807, 2.05) is 44.2 Å². The van der Waals surface area contributed by atoms with Gasteiger partial charge in [0.1, 0.15) is 17.4 Å². The summed E-state index contributed by atoms with van der Waals surface area (Å²) in [5.41, 5.74) is 2.99. The second-order valence-corrected chi connectivity index (χ2v) is 8.74. The second kappa shape index (κ2) is 9.34. The zero-order chi connectivity index (χ0) is 21.8. The van der Waals surface area contributed by atoms with Gasteiger partial charge in [-0.2, -0.15) is 5.10 Å². The fourth-order valence-electron chi connectivity index (χ4n) is 3.47. The second-order valence-electron chi connectivity index (χ2n) is 7.70. The van der Waals surface area contributed by atoms with Gasteiger partial charge in [-0.25, -0.2) is 9.97 Å². The van der Waals surface area contributed by atoms with Crippen molar-refractivity contribution in [2.45, 2.75) is 43.7 Å². The molecule has 2 N–H and O–H groups in total. The number of aromatic nitrogens is 4. The molecule has 7 nitrogen and oxygen atoms in total. The Bertz CT molecular complexity index is 1110. The highest BCUT2D eigenvalue weighted by Crippen LogP contribution is 2.32. The minimum atomic E-state index is 0.159. The van der Waals surface area contributed by atoms with E-state index in [9.17, 15) is 4.79 Å². The maximum Gasteiger partial charge on any atom is 0.196 e. The van der Waals surface area contributed by atoms with Crippen molar-refractivity contribution in [1.29, 1.82) is 0 Å². The number of carbonyl (C=O) groups excluding carboxylic acids is 1. The van der Waals surface area contributed by atoms with Crippen LogP contribution in [0, 0.1) is 13.8 Å². The van der Waals surface area contributed by atoms with Crippen LogP contribution in [0.2, 0.25) is 0 Å². The van der Waals surface area contributed by atoms with E-state index >= 15 is 0 Å². The van der Waals surface area contributed by atoms with E-state index in [2.05, 4.69) is 32.6 Å². The molecule has 0 bridgehead atoms. The molecule has 0 atom stereocenters. The Labute approximate surface area is 186 Å². The van der Waals surface area contributed by atoms with E-state index < -0.39 is 0 Å². The van der Waals surface area contributed by atoms with Gasteiger partial charge in [-0.3, -0.25) is 9.89 Å². The fraction of sp³-hybridized carbons (Fsp3) is 0.304. The number of nitrogens with zero attached hydrogens (tertiary/aromatic N) is 4. The van der Waals surface area contributed by atoms with E-state index in [0.717, 1.165) is 58.7 Å². The summed E-state index contributed by atoms with van der Waals surface area (Å²) in [4.78, 5) is 24.3. The maximum absolute atomic E-state index is 11.3. The van der Waals surface area contributed by atoms with Gasteiger partial charge in [0.25, 0.3) is 0 Å². The molecule has 160 valence electrons. The van der Waals surface area contributed by atoms with Crippen LogP contribution < -0.4 is 10.2 Å². The highest BCUT2D eigenvalue weighted by atomic mass is 32.2. The lowest BCUT2D eigenvalue weighted by atomic mass is 10.1. The molecule has 3 heterocycles. The monoisotopic (exact) mass is 434 g/mol. The van der Waals surface area contributed by atoms with Crippen LogP contribution in [-0.2, 0) is 11.2 Å². The average Bonchev–Trinajstić information content (AvgIpc) is 3.16. The largest absolute Gasteiger partial charge is 0.352 e. The highest BCUT2D eigenvalue weighted by molar-refractivity contribution is 7.99. The van der Waals surface area contributed by atoms with Crippen molar-refractivity contribution in [3.63, 3.8) is 0 Å². The molecule has 3 aromatic rings. The smallest absolute Gasteiger partial charge is 0.196 e. The van der Waals surface area contributed by atoms with Crippen LogP contribution in [0.25, 0.3) is 0 Å². The first-order valence-corrected chi connectivity index (χ1v) is 11.1. The molecule has 0 radical (unpaired) electrons. The molecule has 1 aliphatic rings. The minimum absolute atomic E-state index is 0.159. The predicted octanol–water partition coefficient (Wildman–Crippen LogP) is 4.61. The molecule has 2 aromatic heterocycles. The van der Waals surface area contributed by atoms with E-state index in [1.54, 1.807) is 6.92 Å². The van der Waals surface area contributed by atoms with Crippen molar-refractivity contribution >= 4 is 35.0 Å². The van der Waals surface area contributed by atoms with Gasteiger partial charge in [-0.15, -0.1) is 0 Å². The first kappa shape index (κ1) is 21.1. The highest BCUT2D eigenvalue weighted by Gasteiger charge is 2.18. The van der Waals surface area contributed by atoms with E-state index in [4.69, 9.17) is 9.97 Å². The van der Waals surface area contributed by atoms with Crippen molar-refractivity contribution in [3.05, 3.63) is 59.3 Å². The molecule has 31 heavy (non-hydrogen) atoms. The molecule has 0 amide bonds. The van der Waals surface area contributed by atoms with Crippen molar-refractivity contribution in [3.8, 4) is 0 Å². The molecular weight excluding hydrogens is 408 g/mol. The first-order chi connectivity index (χ1) is 15.0. The first-order valence-electron chi connectivity index (χ1n) is 10.3. The van der Waals surface area contributed by atoms with Crippen molar-refractivity contribution < 1.29 is 4.79 Å². The van der Waals surface area contributed by atoms with Gasteiger partial charge in [0.15, 0.2) is 11.0 Å². The third-order valence-electron chi connectivity index (χ3n) is 5.00. The molecule has 1 aromatic carbocycles. The Balaban J connectivity index is 1.64. The number of aryl methyl sites for hydroxylation is 1. The number of ketones is 1. The number of anilines is 3. The summed E-state index contributed by atoms with van der Waals surface area (Å²) in [6.45, 7) is 7.38. The number of aromatic amines is 1. The Morgan fingerprint density at radius 1 is 1.19 bits per heavy atom. The van der Waals surface area contributed by atoms with Gasteiger partial charge >= 0.3 is 0 Å². The van der Waals surface area contributed by atoms with Crippen LogP contribution >= 0.6 is 11.8 Å².